The SMILES string of the molecule is C=CC(=O)Nc1cc(B(O)O)cc2c1OCCO2. The zero-order valence-corrected chi connectivity index (χ0v) is 9.55. The highest BCUT2D eigenvalue weighted by Gasteiger charge is 2.22. The Bertz CT molecular complexity index is 489. The fraction of sp³-hybridized carbons (Fsp3) is 0.182. The summed E-state index contributed by atoms with van der Waals surface area (Å²) >= 11 is 0. The minimum absolute atomic E-state index is 0.207. The van der Waals surface area contributed by atoms with Gasteiger partial charge >= 0.3 is 7.12 Å². The van der Waals surface area contributed by atoms with Gasteiger partial charge in [0.1, 0.15) is 13.2 Å². The molecule has 0 fully saturated rings. The summed E-state index contributed by atoms with van der Waals surface area (Å²) in [4.78, 5) is 11.3. The molecule has 1 aromatic carbocycles. The molecule has 7 heteroatoms. The number of anilines is 1. The fourth-order valence-electron chi connectivity index (χ4n) is 1.60. The van der Waals surface area contributed by atoms with Gasteiger partial charge in [0.25, 0.3) is 0 Å². The van der Waals surface area contributed by atoms with Gasteiger partial charge in [0.15, 0.2) is 11.5 Å². The smallest absolute Gasteiger partial charge is 0.486 e. The van der Waals surface area contributed by atoms with E-state index in [4.69, 9.17) is 19.5 Å². The molecule has 0 spiro atoms. The molecule has 1 heterocycles. The first-order valence-electron chi connectivity index (χ1n) is 5.35. The largest absolute Gasteiger partial charge is 0.488 e. The highest BCUT2D eigenvalue weighted by Crippen LogP contribution is 2.36. The van der Waals surface area contributed by atoms with Crippen molar-refractivity contribution >= 4 is 24.2 Å². The first-order valence-corrected chi connectivity index (χ1v) is 5.35. The molecule has 0 saturated carbocycles. The van der Waals surface area contributed by atoms with Gasteiger partial charge in [-0.1, -0.05) is 6.58 Å². The van der Waals surface area contributed by atoms with E-state index in [1.54, 1.807) is 0 Å². The van der Waals surface area contributed by atoms with Crippen LogP contribution in [-0.4, -0.2) is 36.3 Å². The van der Waals surface area contributed by atoms with Crippen LogP contribution in [0.15, 0.2) is 24.8 Å². The van der Waals surface area contributed by atoms with Crippen molar-refractivity contribution in [2.45, 2.75) is 0 Å². The molecule has 1 aromatic rings. The Kier molecular flexibility index (Phi) is 3.54. The molecule has 1 amide bonds. The van der Waals surface area contributed by atoms with Gasteiger partial charge in [-0.2, -0.15) is 0 Å². The normalized spacial score (nSPS) is 12.8. The summed E-state index contributed by atoms with van der Waals surface area (Å²) in [7, 11) is -1.65. The first-order chi connectivity index (χ1) is 8.61. The summed E-state index contributed by atoms with van der Waals surface area (Å²) in [6.45, 7) is 4.08. The number of carbonyl (C=O) groups excluding carboxylic acids is 1. The van der Waals surface area contributed by atoms with Crippen molar-refractivity contribution in [1.82, 2.24) is 0 Å². The molecule has 2 rings (SSSR count). The number of benzene rings is 1. The Labute approximate surface area is 104 Å². The molecule has 94 valence electrons. The van der Waals surface area contributed by atoms with Crippen LogP contribution in [0.1, 0.15) is 0 Å². The molecule has 0 radical (unpaired) electrons. The summed E-state index contributed by atoms with van der Waals surface area (Å²) in [6.07, 6.45) is 1.11. The van der Waals surface area contributed by atoms with E-state index in [0.29, 0.717) is 30.4 Å². The highest BCUT2D eigenvalue weighted by atomic mass is 16.6. The van der Waals surface area contributed by atoms with Crippen LogP contribution < -0.4 is 20.3 Å². The van der Waals surface area contributed by atoms with E-state index in [9.17, 15) is 4.79 Å². The summed E-state index contributed by atoms with van der Waals surface area (Å²) < 4.78 is 10.7. The fourth-order valence-corrected chi connectivity index (χ4v) is 1.60. The van der Waals surface area contributed by atoms with Crippen molar-refractivity contribution in [3.8, 4) is 11.5 Å². The molecule has 0 bridgehead atoms. The summed E-state index contributed by atoms with van der Waals surface area (Å²) in [6, 6.07) is 2.88. The quantitative estimate of drug-likeness (QED) is 0.485. The van der Waals surface area contributed by atoms with Crippen molar-refractivity contribution in [3.05, 3.63) is 24.8 Å². The molecule has 0 atom stereocenters. The van der Waals surface area contributed by atoms with Crippen LogP contribution in [-0.2, 0) is 4.79 Å². The number of rotatable bonds is 3. The maximum Gasteiger partial charge on any atom is 0.488 e. The third-order valence-electron chi connectivity index (χ3n) is 2.41. The zero-order chi connectivity index (χ0) is 13.1. The van der Waals surface area contributed by atoms with Gasteiger partial charge < -0.3 is 24.8 Å². The van der Waals surface area contributed by atoms with Crippen LogP contribution in [0.5, 0.6) is 11.5 Å². The highest BCUT2D eigenvalue weighted by molar-refractivity contribution is 6.58. The molecule has 1 aliphatic heterocycles. The van der Waals surface area contributed by atoms with Gasteiger partial charge in [0, 0.05) is 0 Å². The lowest BCUT2D eigenvalue weighted by Gasteiger charge is -2.22. The van der Waals surface area contributed by atoms with Crippen LogP contribution in [0, 0.1) is 0 Å². The minimum Gasteiger partial charge on any atom is -0.486 e. The van der Waals surface area contributed by atoms with E-state index in [1.807, 2.05) is 0 Å². The Balaban J connectivity index is 2.44. The van der Waals surface area contributed by atoms with Gasteiger partial charge in [-0.05, 0) is 23.7 Å². The van der Waals surface area contributed by atoms with Crippen molar-refractivity contribution in [2.24, 2.45) is 0 Å². The number of hydrogen-bond acceptors (Lipinski definition) is 5. The van der Waals surface area contributed by atoms with E-state index in [0.717, 1.165) is 6.08 Å². The number of carbonyl (C=O) groups is 1. The molecular formula is C11H12BNO5. The second-order valence-corrected chi connectivity index (χ2v) is 3.66. The Morgan fingerprint density at radius 1 is 1.39 bits per heavy atom. The molecule has 0 aliphatic carbocycles. The van der Waals surface area contributed by atoms with Crippen LogP contribution in [0.25, 0.3) is 0 Å². The lowest BCUT2D eigenvalue weighted by molar-refractivity contribution is -0.111. The Morgan fingerprint density at radius 3 is 2.78 bits per heavy atom. The Hall–Kier alpha value is -1.99. The number of ether oxygens (including phenoxy) is 2. The molecule has 6 nitrogen and oxygen atoms in total. The van der Waals surface area contributed by atoms with E-state index >= 15 is 0 Å². The van der Waals surface area contributed by atoms with Crippen molar-refractivity contribution in [3.63, 3.8) is 0 Å². The maximum absolute atomic E-state index is 11.3. The lowest BCUT2D eigenvalue weighted by Crippen LogP contribution is -2.31. The Morgan fingerprint density at radius 2 is 2.11 bits per heavy atom. The van der Waals surface area contributed by atoms with Crippen molar-refractivity contribution < 1.29 is 24.3 Å². The zero-order valence-electron chi connectivity index (χ0n) is 9.55. The van der Waals surface area contributed by atoms with Crippen molar-refractivity contribution in [1.29, 1.82) is 0 Å². The van der Waals surface area contributed by atoms with Gasteiger partial charge in [-0.15, -0.1) is 0 Å². The molecule has 0 saturated heterocycles. The summed E-state index contributed by atoms with van der Waals surface area (Å²) in [5.74, 6) is 0.322. The predicted octanol–water partition coefficient (Wildman–Crippen LogP) is -0.738. The van der Waals surface area contributed by atoms with E-state index in [-0.39, 0.29) is 5.46 Å². The number of fused-ring (bicyclic) bond motifs is 1. The monoisotopic (exact) mass is 249 g/mol. The second kappa shape index (κ2) is 5.11. The second-order valence-electron chi connectivity index (χ2n) is 3.66. The molecule has 0 unspecified atom stereocenters. The van der Waals surface area contributed by atoms with Gasteiger partial charge in [0.2, 0.25) is 5.91 Å². The molecule has 3 N–H and O–H groups in total. The summed E-state index contributed by atoms with van der Waals surface area (Å²) in [5.41, 5.74) is 0.527. The predicted molar refractivity (Wildman–Crippen MR) is 66.1 cm³/mol. The molecular weight excluding hydrogens is 237 g/mol. The first kappa shape index (κ1) is 12.5. The van der Waals surface area contributed by atoms with Crippen LogP contribution in [0.4, 0.5) is 5.69 Å². The maximum atomic E-state index is 11.3. The van der Waals surface area contributed by atoms with Gasteiger partial charge in [0.05, 0.1) is 5.69 Å². The number of nitrogens with one attached hydrogen (secondary N) is 1. The standard InChI is InChI=1S/C11H12BNO5/c1-2-10(14)13-8-5-7(12(15)16)6-9-11(8)18-4-3-17-9/h2,5-6,15-16H,1,3-4H2,(H,13,14). The number of hydrogen-bond donors (Lipinski definition) is 3. The lowest BCUT2D eigenvalue weighted by atomic mass is 9.80. The third kappa shape index (κ3) is 2.47. The third-order valence-corrected chi connectivity index (χ3v) is 2.41. The van der Waals surface area contributed by atoms with E-state index < -0.39 is 13.0 Å². The van der Waals surface area contributed by atoms with Crippen LogP contribution >= 0.6 is 0 Å². The summed E-state index contributed by atoms with van der Waals surface area (Å²) in [5, 5.41) is 20.9. The van der Waals surface area contributed by atoms with Crippen LogP contribution in [0.3, 0.4) is 0 Å². The average Bonchev–Trinajstić information content (AvgIpc) is 2.38. The van der Waals surface area contributed by atoms with Crippen molar-refractivity contribution in [2.75, 3.05) is 18.5 Å². The van der Waals surface area contributed by atoms with Crippen LogP contribution in [0.2, 0.25) is 0 Å². The molecule has 1 aliphatic rings. The number of amides is 1. The minimum atomic E-state index is -1.65. The molecule has 0 aromatic heterocycles. The van der Waals surface area contributed by atoms with E-state index in [2.05, 4.69) is 11.9 Å². The van der Waals surface area contributed by atoms with Gasteiger partial charge in [-0.25, -0.2) is 0 Å². The molecule has 18 heavy (non-hydrogen) atoms. The average molecular weight is 249 g/mol. The van der Waals surface area contributed by atoms with Gasteiger partial charge in [-0.3, -0.25) is 4.79 Å². The van der Waals surface area contributed by atoms with E-state index in [1.165, 1.54) is 12.1 Å². The topological polar surface area (TPSA) is 88.0 Å².